The zero-order valence-corrected chi connectivity index (χ0v) is 12.2. The Morgan fingerprint density at radius 1 is 1.35 bits per heavy atom. The largest absolute Gasteiger partial charge is 0.361 e. The topological polar surface area (TPSA) is 47.1 Å². The molecule has 2 aromatic heterocycles. The average molecular weight is 274 g/mol. The van der Waals surface area contributed by atoms with Crippen LogP contribution in [0.4, 0.5) is 0 Å². The third-order valence-corrected chi connectivity index (χ3v) is 4.10. The molecule has 5 nitrogen and oxygen atoms in total. The van der Waals surface area contributed by atoms with Gasteiger partial charge in [0, 0.05) is 25.4 Å². The fourth-order valence-corrected chi connectivity index (χ4v) is 2.91. The number of likely N-dealkylation sites (tertiary alicyclic amines) is 1. The second-order valence-electron chi connectivity index (χ2n) is 5.61. The van der Waals surface area contributed by atoms with Crippen LogP contribution in [0.3, 0.4) is 0 Å². The summed E-state index contributed by atoms with van der Waals surface area (Å²) in [5.74, 6) is 1.55. The van der Waals surface area contributed by atoms with Gasteiger partial charge < -0.3 is 4.52 Å². The van der Waals surface area contributed by atoms with Gasteiger partial charge in [0.25, 0.3) is 0 Å². The van der Waals surface area contributed by atoms with Crippen molar-refractivity contribution in [1.29, 1.82) is 0 Å². The molecule has 1 aliphatic heterocycles. The molecule has 108 valence electrons. The Morgan fingerprint density at radius 2 is 2.15 bits per heavy atom. The van der Waals surface area contributed by atoms with Gasteiger partial charge in [-0.25, -0.2) is 0 Å². The van der Waals surface area contributed by atoms with Crippen LogP contribution < -0.4 is 0 Å². The third-order valence-electron chi connectivity index (χ3n) is 4.10. The molecule has 0 aromatic carbocycles. The summed E-state index contributed by atoms with van der Waals surface area (Å²) < 4.78 is 7.14. The van der Waals surface area contributed by atoms with Gasteiger partial charge in [-0.2, -0.15) is 5.10 Å². The Bertz CT molecular complexity index is 552. The predicted molar refractivity (Wildman–Crippen MR) is 76.4 cm³/mol. The van der Waals surface area contributed by atoms with E-state index in [1.807, 2.05) is 23.9 Å². The van der Waals surface area contributed by atoms with Crippen LogP contribution in [0.15, 0.2) is 23.0 Å². The normalized spacial score (nSPS) is 17.7. The lowest BCUT2D eigenvalue weighted by Gasteiger charge is -2.30. The first-order chi connectivity index (χ1) is 9.74. The minimum absolute atomic E-state index is 0.658. The van der Waals surface area contributed by atoms with Crippen molar-refractivity contribution in [3.8, 4) is 0 Å². The molecule has 1 saturated heterocycles. The van der Waals surface area contributed by atoms with E-state index >= 15 is 0 Å². The number of rotatable bonds is 4. The van der Waals surface area contributed by atoms with E-state index < -0.39 is 0 Å². The van der Waals surface area contributed by atoms with E-state index in [2.05, 4.69) is 28.3 Å². The van der Waals surface area contributed by atoms with Crippen LogP contribution in [0.1, 0.15) is 42.7 Å². The summed E-state index contributed by atoms with van der Waals surface area (Å²) in [7, 11) is 0. The van der Waals surface area contributed by atoms with Crippen LogP contribution >= 0.6 is 0 Å². The van der Waals surface area contributed by atoms with Gasteiger partial charge >= 0.3 is 0 Å². The van der Waals surface area contributed by atoms with Gasteiger partial charge in [-0.3, -0.25) is 9.58 Å². The van der Waals surface area contributed by atoms with Crippen molar-refractivity contribution in [2.45, 2.75) is 45.7 Å². The summed E-state index contributed by atoms with van der Waals surface area (Å²) in [6.45, 7) is 8.15. The van der Waals surface area contributed by atoms with Gasteiger partial charge in [-0.05, 0) is 51.3 Å². The monoisotopic (exact) mass is 274 g/mol. The van der Waals surface area contributed by atoms with Crippen molar-refractivity contribution in [2.24, 2.45) is 0 Å². The molecule has 0 bridgehead atoms. The average Bonchev–Trinajstić information content (AvgIpc) is 3.09. The molecule has 1 aliphatic rings. The van der Waals surface area contributed by atoms with E-state index in [1.165, 1.54) is 18.4 Å². The molecule has 0 atom stereocenters. The van der Waals surface area contributed by atoms with E-state index in [4.69, 9.17) is 4.52 Å². The Labute approximate surface area is 119 Å². The maximum Gasteiger partial charge on any atom is 0.133 e. The van der Waals surface area contributed by atoms with E-state index in [1.54, 1.807) is 0 Å². The first-order valence-corrected chi connectivity index (χ1v) is 7.41. The lowest BCUT2D eigenvalue weighted by atomic mass is 9.91. The summed E-state index contributed by atoms with van der Waals surface area (Å²) in [5, 5.41) is 8.45. The molecule has 0 amide bonds. The smallest absolute Gasteiger partial charge is 0.133 e. The number of hydrogen-bond acceptors (Lipinski definition) is 4. The minimum atomic E-state index is 0.658. The molecule has 0 spiro atoms. The Hall–Kier alpha value is -1.62. The van der Waals surface area contributed by atoms with Crippen molar-refractivity contribution < 1.29 is 4.52 Å². The minimum Gasteiger partial charge on any atom is -0.361 e. The summed E-state index contributed by atoms with van der Waals surface area (Å²) in [6.07, 6.45) is 6.63. The van der Waals surface area contributed by atoms with Gasteiger partial charge in [-0.1, -0.05) is 5.16 Å². The van der Waals surface area contributed by atoms with Gasteiger partial charge in [0.05, 0.1) is 11.9 Å². The van der Waals surface area contributed by atoms with Gasteiger partial charge in [0.2, 0.25) is 0 Å². The highest BCUT2D eigenvalue weighted by Crippen LogP contribution is 2.28. The zero-order chi connectivity index (χ0) is 13.9. The standard InChI is InChI=1S/C15H22N4O/c1-3-19-10-14(9-16-19)13-4-6-18(7-5-13)11-15-8-12(2)20-17-15/h8-10,13H,3-7,11H2,1-2H3. The van der Waals surface area contributed by atoms with Crippen molar-refractivity contribution in [2.75, 3.05) is 13.1 Å². The number of aromatic nitrogens is 3. The lowest BCUT2D eigenvalue weighted by molar-refractivity contribution is 0.199. The van der Waals surface area contributed by atoms with Gasteiger partial charge in [0.15, 0.2) is 0 Å². The number of aryl methyl sites for hydroxylation is 2. The van der Waals surface area contributed by atoms with Crippen molar-refractivity contribution >= 4 is 0 Å². The highest BCUT2D eigenvalue weighted by atomic mass is 16.5. The summed E-state index contributed by atoms with van der Waals surface area (Å²) >= 11 is 0. The summed E-state index contributed by atoms with van der Waals surface area (Å²) in [6, 6.07) is 2.03. The molecule has 0 N–H and O–H groups in total. The van der Waals surface area contributed by atoms with Crippen LogP contribution in [-0.2, 0) is 13.1 Å². The van der Waals surface area contributed by atoms with Crippen LogP contribution in [0.5, 0.6) is 0 Å². The number of nitrogens with zero attached hydrogens (tertiary/aromatic N) is 4. The lowest BCUT2D eigenvalue weighted by Crippen LogP contribution is -2.32. The van der Waals surface area contributed by atoms with E-state index in [-0.39, 0.29) is 0 Å². The molecule has 0 saturated carbocycles. The molecular formula is C15H22N4O. The highest BCUT2D eigenvalue weighted by molar-refractivity contribution is 5.12. The van der Waals surface area contributed by atoms with Crippen LogP contribution in [0.25, 0.3) is 0 Å². The first kappa shape index (κ1) is 13.4. The van der Waals surface area contributed by atoms with Crippen molar-refractivity contribution in [1.82, 2.24) is 19.8 Å². The fourth-order valence-electron chi connectivity index (χ4n) is 2.91. The number of piperidine rings is 1. The molecule has 20 heavy (non-hydrogen) atoms. The third kappa shape index (κ3) is 2.93. The quantitative estimate of drug-likeness (QED) is 0.859. The SMILES string of the molecule is CCn1cc(C2CCN(Cc3cc(C)on3)CC2)cn1. The molecule has 3 rings (SSSR count). The maximum atomic E-state index is 5.12. The van der Waals surface area contributed by atoms with E-state index in [0.717, 1.165) is 37.6 Å². The Balaban J connectivity index is 1.54. The molecular weight excluding hydrogens is 252 g/mol. The molecule has 2 aromatic rings. The van der Waals surface area contributed by atoms with Crippen LogP contribution in [0, 0.1) is 6.92 Å². The summed E-state index contributed by atoms with van der Waals surface area (Å²) in [5.41, 5.74) is 2.43. The first-order valence-electron chi connectivity index (χ1n) is 7.41. The van der Waals surface area contributed by atoms with Crippen molar-refractivity contribution in [3.05, 3.63) is 35.5 Å². The van der Waals surface area contributed by atoms with Crippen LogP contribution in [0.2, 0.25) is 0 Å². The predicted octanol–water partition coefficient (Wildman–Crippen LogP) is 2.58. The van der Waals surface area contributed by atoms with Gasteiger partial charge in [-0.15, -0.1) is 0 Å². The Kier molecular flexibility index (Phi) is 3.87. The summed E-state index contributed by atoms with van der Waals surface area (Å²) in [4.78, 5) is 2.46. The van der Waals surface area contributed by atoms with E-state index in [0.29, 0.717) is 5.92 Å². The molecule has 1 fully saturated rings. The molecule has 3 heterocycles. The van der Waals surface area contributed by atoms with E-state index in [9.17, 15) is 0 Å². The van der Waals surface area contributed by atoms with Crippen LogP contribution in [-0.4, -0.2) is 32.9 Å². The molecule has 0 radical (unpaired) electrons. The molecule has 0 unspecified atom stereocenters. The molecule has 0 aliphatic carbocycles. The zero-order valence-electron chi connectivity index (χ0n) is 12.2. The fraction of sp³-hybridized carbons (Fsp3) is 0.600. The maximum absolute atomic E-state index is 5.12. The number of hydrogen-bond donors (Lipinski definition) is 0. The second kappa shape index (κ2) is 5.79. The molecule has 5 heteroatoms. The second-order valence-corrected chi connectivity index (χ2v) is 5.61. The van der Waals surface area contributed by atoms with Gasteiger partial charge in [0.1, 0.15) is 5.76 Å². The highest BCUT2D eigenvalue weighted by Gasteiger charge is 2.22. The Morgan fingerprint density at radius 3 is 2.75 bits per heavy atom. The van der Waals surface area contributed by atoms with Crippen molar-refractivity contribution in [3.63, 3.8) is 0 Å².